The first kappa shape index (κ1) is 23.4. The lowest BCUT2D eigenvalue weighted by molar-refractivity contribution is -0.910. The molecule has 2 aromatic carbocycles. The third kappa shape index (κ3) is 5.09. The molecule has 0 N–H and O–H groups in total. The van der Waals surface area contributed by atoms with Crippen LogP contribution in [0.2, 0.25) is 0 Å². The predicted octanol–water partition coefficient (Wildman–Crippen LogP) is 4.98. The number of rotatable bonds is 8. The van der Waals surface area contributed by atoms with Crippen molar-refractivity contribution < 1.29 is 18.8 Å². The summed E-state index contributed by atoms with van der Waals surface area (Å²) in [6.45, 7) is 8.17. The van der Waals surface area contributed by atoms with Crippen LogP contribution >= 0.6 is 0 Å². The Hall–Kier alpha value is -2.79. The summed E-state index contributed by atoms with van der Waals surface area (Å²) in [7, 11) is 5.62. The molecule has 1 heterocycles. The number of benzene rings is 2. The van der Waals surface area contributed by atoms with E-state index in [1.807, 2.05) is 12.1 Å². The molecule has 176 valence electrons. The normalized spacial score (nSPS) is 18.5. The van der Waals surface area contributed by atoms with Gasteiger partial charge in [0.2, 0.25) is 0 Å². The number of carbonyl (C=O) groups is 1. The second kappa shape index (κ2) is 10.0. The molecule has 1 aliphatic carbocycles. The third-order valence-corrected chi connectivity index (χ3v) is 7.25. The minimum absolute atomic E-state index is 0.0752. The van der Waals surface area contributed by atoms with E-state index in [1.165, 1.54) is 49.1 Å². The number of fused-ring (bicyclic) bond motifs is 1. The molecule has 5 nitrogen and oxygen atoms in total. The molecule has 1 fully saturated rings. The quantitative estimate of drug-likeness (QED) is 0.324. The van der Waals surface area contributed by atoms with Gasteiger partial charge in [-0.1, -0.05) is 25.5 Å². The summed E-state index contributed by atoms with van der Waals surface area (Å²) in [6, 6.07) is 12.4. The lowest BCUT2D eigenvalue weighted by Crippen LogP contribution is -2.57. The fraction of sp³-hybridized carbons (Fsp3) is 0.464. The van der Waals surface area contributed by atoms with Crippen molar-refractivity contribution in [1.29, 1.82) is 0 Å². The smallest absolute Gasteiger partial charge is 0.189 e. The van der Waals surface area contributed by atoms with Crippen LogP contribution < -0.4 is 14.4 Å². The fourth-order valence-corrected chi connectivity index (χ4v) is 5.01. The number of hydrogen-bond acceptors (Lipinski definition) is 4. The van der Waals surface area contributed by atoms with E-state index >= 15 is 0 Å². The number of anilines is 1. The molecule has 0 atom stereocenters. The minimum atomic E-state index is 0.0752. The number of carbonyl (C=O) groups excluding carboxylic acids is 1. The van der Waals surface area contributed by atoms with Crippen molar-refractivity contribution in [2.45, 2.75) is 32.6 Å². The van der Waals surface area contributed by atoms with E-state index in [2.05, 4.69) is 43.1 Å². The molecule has 0 bridgehead atoms. The Bertz CT molecular complexity index is 1020. The van der Waals surface area contributed by atoms with Crippen molar-refractivity contribution in [1.82, 2.24) is 0 Å². The molecule has 0 radical (unpaired) electrons. The Kier molecular flexibility index (Phi) is 7.08. The minimum Gasteiger partial charge on any atom is -0.493 e. The number of piperazine rings is 1. The molecule has 2 aromatic rings. The highest BCUT2D eigenvalue weighted by atomic mass is 16.5. The van der Waals surface area contributed by atoms with Crippen LogP contribution in [-0.4, -0.2) is 64.3 Å². The number of methoxy groups -OCH3 is 2. The van der Waals surface area contributed by atoms with Gasteiger partial charge in [-0.3, -0.25) is 4.79 Å². The fourth-order valence-electron chi connectivity index (χ4n) is 5.01. The summed E-state index contributed by atoms with van der Waals surface area (Å²) in [5, 5.41) is 0. The first-order valence-electron chi connectivity index (χ1n) is 12.1. The Morgan fingerprint density at radius 3 is 2.30 bits per heavy atom. The van der Waals surface area contributed by atoms with Crippen LogP contribution in [0.5, 0.6) is 11.5 Å². The van der Waals surface area contributed by atoms with Crippen LogP contribution in [0.3, 0.4) is 0 Å². The molecule has 0 aromatic heterocycles. The van der Waals surface area contributed by atoms with Crippen molar-refractivity contribution >= 4 is 17.5 Å². The zero-order valence-corrected chi connectivity index (χ0v) is 20.5. The van der Waals surface area contributed by atoms with Crippen LogP contribution in [0.25, 0.3) is 6.08 Å². The molecule has 1 saturated heterocycles. The van der Waals surface area contributed by atoms with Gasteiger partial charge in [-0.25, -0.2) is 0 Å². The van der Waals surface area contributed by atoms with Crippen molar-refractivity contribution in [3.8, 4) is 11.5 Å². The van der Waals surface area contributed by atoms with Crippen molar-refractivity contribution in [2.24, 2.45) is 0 Å². The largest absolute Gasteiger partial charge is 0.493 e. The highest BCUT2D eigenvalue weighted by molar-refractivity contribution is 6.15. The number of unbranched alkanes of at least 4 members (excludes halogenated alkanes) is 2. The maximum atomic E-state index is 13.0. The van der Waals surface area contributed by atoms with Crippen molar-refractivity contribution in [2.75, 3.05) is 58.9 Å². The molecule has 0 spiro atoms. The number of ether oxygens (including phenoxy) is 2. The maximum Gasteiger partial charge on any atom is 0.189 e. The van der Waals surface area contributed by atoms with Crippen LogP contribution in [0.4, 0.5) is 5.69 Å². The van der Waals surface area contributed by atoms with Gasteiger partial charge in [-0.2, -0.15) is 0 Å². The van der Waals surface area contributed by atoms with Crippen LogP contribution in [0.1, 0.15) is 47.7 Å². The average Bonchev–Trinajstić information content (AvgIpc) is 3.13. The lowest BCUT2D eigenvalue weighted by atomic mass is 10.1. The van der Waals surface area contributed by atoms with E-state index in [-0.39, 0.29) is 5.78 Å². The Balaban J connectivity index is 1.41. The summed E-state index contributed by atoms with van der Waals surface area (Å²) in [5.41, 5.74) is 4.85. The molecule has 33 heavy (non-hydrogen) atoms. The Morgan fingerprint density at radius 2 is 1.67 bits per heavy atom. The SMILES string of the molecule is CCCCC[N+]1(C)CCN(c2ccc(C=C3Cc4cc(OC)c(OC)cc4C3=O)cc2)CC1. The standard InChI is InChI=1S/C28H37N2O3/c1-5-6-7-14-30(2)15-12-29(13-16-30)24-10-8-21(9-11-24)17-23-18-22-19-26(32-3)27(33-4)20-25(22)28(23)31/h8-11,17,19-20H,5-7,12-16,18H2,1-4H3/q+1. The monoisotopic (exact) mass is 449 g/mol. The summed E-state index contributed by atoms with van der Waals surface area (Å²) >= 11 is 0. The molecule has 1 aliphatic heterocycles. The van der Waals surface area contributed by atoms with E-state index in [0.717, 1.165) is 29.8 Å². The predicted molar refractivity (Wildman–Crippen MR) is 135 cm³/mol. The first-order valence-corrected chi connectivity index (χ1v) is 12.1. The van der Waals surface area contributed by atoms with Gasteiger partial charge in [-0.15, -0.1) is 0 Å². The van der Waals surface area contributed by atoms with Crippen LogP contribution in [0, 0.1) is 0 Å². The van der Waals surface area contributed by atoms with Gasteiger partial charge in [0.15, 0.2) is 17.3 Å². The van der Waals surface area contributed by atoms with Gasteiger partial charge < -0.3 is 18.9 Å². The van der Waals surface area contributed by atoms with E-state index in [4.69, 9.17) is 9.47 Å². The number of hydrogen-bond donors (Lipinski definition) is 0. The topological polar surface area (TPSA) is 38.8 Å². The zero-order valence-electron chi connectivity index (χ0n) is 20.5. The van der Waals surface area contributed by atoms with Gasteiger partial charge in [0.1, 0.15) is 0 Å². The highest BCUT2D eigenvalue weighted by Crippen LogP contribution is 2.37. The third-order valence-electron chi connectivity index (χ3n) is 7.25. The first-order chi connectivity index (χ1) is 16.0. The zero-order chi connectivity index (χ0) is 23.4. The van der Waals surface area contributed by atoms with Crippen LogP contribution in [0.15, 0.2) is 42.0 Å². The Morgan fingerprint density at radius 1 is 1.00 bits per heavy atom. The molecule has 5 heteroatoms. The second-order valence-electron chi connectivity index (χ2n) is 9.62. The molecular weight excluding hydrogens is 412 g/mol. The molecule has 2 aliphatic rings. The van der Waals surface area contributed by atoms with Gasteiger partial charge in [-0.05, 0) is 54.3 Å². The van der Waals surface area contributed by atoms with Gasteiger partial charge >= 0.3 is 0 Å². The molecule has 4 rings (SSSR count). The Labute approximate surface area is 198 Å². The van der Waals surface area contributed by atoms with Gasteiger partial charge in [0, 0.05) is 23.2 Å². The summed E-state index contributed by atoms with van der Waals surface area (Å²) in [6.07, 6.45) is 6.59. The maximum absolute atomic E-state index is 13.0. The summed E-state index contributed by atoms with van der Waals surface area (Å²) in [4.78, 5) is 15.5. The number of likely N-dealkylation sites (N-methyl/N-ethyl adjacent to an activating group) is 1. The second-order valence-corrected chi connectivity index (χ2v) is 9.62. The van der Waals surface area contributed by atoms with E-state index in [1.54, 1.807) is 20.3 Å². The van der Waals surface area contributed by atoms with Gasteiger partial charge in [0.25, 0.3) is 0 Å². The van der Waals surface area contributed by atoms with E-state index in [0.29, 0.717) is 23.5 Å². The summed E-state index contributed by atoms with van der Waals surface area (Å²) < 4.78 is 12.0. The number of nitrogens with zero attached hydrogens (tertiary/aromatic N) is 2. The number of ketones is 1. The molecule has 0 amide bonds. The van der Waals surface area contributed by atoms with Crippen LogP contribution in [-0.2, 0) is 6.42 Å². The summed E-state index contributed by atoms with van der Waals surface area (Å²) in [5.74, 6) is 1.33. The number of allylic oxidation sites excluding steroid dienone is 1. The van der Waals surface area contributed by atoms with E-state index < -0.39 is 0 Å². The van der Waals surface area contributed by atoms with Gasteiger partial charge in [0.05, 0.1) is 54.0 Å². The highest BCUT2D eigenvalue weighted by Gasteiger charge is 2.29. The lowest BCUT2D eigenvalue weighted by Gasteiger charge is -2.43. The average molecular weight is 450 g/mol. The van der Waals surface area contributed by atoms with Crippen molar-refractivity contribution in [3.05, 3.63) is 58.7 Å². The molecule has 0 saturated carbocycles. The number of Topliss-reactive ketones (excluding diaryl/α,β-unsaturated/α-hetero) is 1. The van der Waals surface area contributed by atoms with Crippen molar-refractivity contribution in [3.63, 3.8) is 0 Å². The molecular formula is C28H37N2O3+. The molecule has 0 unspecified atom stereocenters. The number of quaternary nitrogens is 1. The van der Waals surface area contributed by atoms with E-state index in [9.17, 15) is 4.79 Å².